The Morgan fingerprint density at radius 1 is 0.300 bits per heavy atom. The molecule has 0 aliphatic rings. The van der Waals surface area contributed by atoms with E-state index in [4.69, 9.17) is 0 Å². The van der Waals surface area contributed by atoms with Crippen molar-refractivity contribution in [2.75, 3.05) is 13.1 Å². The number of hydrogen-bond acceptors (Lipinski definition) is 4. The molecule has 4 nitrogen and oxygen atoms in total. The normalized spacial score (nSPS) is 16.0. The van der Waals surface area contributed by atoms with Gasteiger partial charge in [0, 0.05) is 34.7 Å². The van der Waals surface area contributed by atoms with Gasteiger partial charge in [0.2, 0.25) is 0 Å². The van der Waals surface area contributed by atoms with Gasteiger partial charge in [0.25, 0.3) is 0 Å². The van der Waals surface area contributed by atoms with Gasteiger partial charge in [0.15, 0.2) is 0 Å². The maximum absolute atomic E-state index is 14.7. The second-order valence-corrected chi connectivity index (χ2v) is 13.7. The topological polar surface area (TPSA) is 65.2 Å². The van der Waals surface area contributed by atoms with Crippen molar-refractivity contribution in [3.63, 3.8) is 0 Å². The first kappa shape index (κ1) is 61.1. The first-order valence-corrected chi connectivity index (χ1v) is 16.6. The van der Waals surface area contributed by atoms with Crippen molar-refractivity contribution in [1.29, 1.82) is 0 Å². The highest BCUT2D eigenvalue weighted by Gasteiger charge is 2.97. The molecule has 0 fully saturated rings. The van der Waals surface area contributed by atoms with E-state index < -0.39 is 166 Å². The molecule has 0 spiro atoms. The highest BCUT2D eigenvalue weighted by Crippen LogP contribution is 2.67. The lowest BCUT2D eigenvalue weighted by atomic mass is 9.87. The fraction of sp³-hybridized carbons (Fsp3) is 0.562. The molecule has 38 heteroatoms. The van der Waals surface area contributed by atoms with Crippen LogP contribution in [-0.4, -0.2) is 119 Å². The van der Waals surface area contributed by atoms with E-state index in [1.807, 2.05) is 0 Å². The Hall–Kier alpha value is -5.00. The van der Waals surface area contributed by atoms with Gasteiger partial charge in [-0.05, 0) is 36.4 Å². The number of rotatable bonds is 19. The van der Waals surface area contributed by atoms with Gasteiger partial charge >= 0.3 is 95.3 Å². The Bertz CT molecular complexity index is 2120. The van der Waals surface area contributed by atoms with E-state index in [-0.39, 0.29) is 24.6 Å². The molecule has 2 aromatic rings. The molecule has 402 valence electrons. The summed E-state index contributed by atoms with van der Waals surface area (Å²) >= 11 is 0. The van der Waals surface area contributed by atoms with Crippen LogP contribution in [0.5, 0.6) is 11.5 Å². The van der Waals surface area contributed by atoms with Crippen LogP contribution in [0.3, 0.4) is 0 Å². The van der Waals surface area contributed by atoms with Crippen LogP contribution in [0.2, 0.25) is 0 Å². The summed E-state index contributed by atoms with van der Waals surface area (Å²) in [6.07, 6.45) is -16.1. The van der Waals surface area contributed by atoms with E-state index in [0.29, 0.717) is 0 Å². The number of phenols is 2. The summed E-state index contributed by atoms with van der Waals surface area (Å²) in [5.74, 6) is -121. The zero-order valence-electron chi connectivity index (χ0n) is 31.7. The highest BCUT2D eigenvalue weighted by atomic mass is 19.4. The zero-order valence-corrected chi connectivity index (χ0v) is 31.7. The second kappa shape index (κ2) is 17.3. The van der Waals surface area contributed by atoms with Gasteiger partial charge in [-0.2, -0.15) is 149 Å². The van der Waals surface area contributed by atoms with Crippen LogP contribution in [0.25, 0.3) is 0 Å². The Kier molecular flexibility index (Phi) is 15.1. The molecule has 0 aliphatic carbocycles. The molecule has 0 saturated heterocycles. The van der Waals surface area contributed by atoms with Crippen LogP contribution in [0.4, 0.5) is 149 Å². The third-order valence-electron chi connectivity index (χ3n) is 9.04. The van der Waals surface area contributed by atoms with E-state index in [9.17, 15) is 159 Å². The molecule has 0 amide bonds. The largest absolute Gasteiger partial charge is 0.507 e. The molecule has 70 heavy (non-hydrogen) atoms. The number of halogens is 34. The number of nitrogens with zero attached hydrogens (tertiary/aromatic N) is 2. The third kappa shape index (κ3) is 8.58. The van der Waals surface area contributed by atoms with E-state index in [0.717, 1.165) is 0 Å². The average molecular weight is 1100 g/mol. The average Bonchev–Trinajstić information content (AvgIpc) is 3.18. The van der Waals surface area contributed by atoms with Gasteiger partial charge in [-0.25, -0.2) is 0 Å². The maximum atomic E-state index is 14.7. The molecule has 0 radical (unpaired) electrons. The second-order valence-electron chi connectivity index (χ2n) is 13.7. The smallest absolute Gasteiger partial charge is 0.460 e. The molecule has 0 unspecified atom stereocenters. The molecule has 0 heterocycles. The molecule has 2 N–H and O–H groups in total. The van der Waals surface area contributed by atoms with Crippen LogP contribution in [0.15, 0.2) is 46.4 Å². The van der Waals surface area contributed by atoms with E-state index in [1.165, 1.54) is 0 Å². The van der Waals surface area contributed by atoms with Crippen molar-refractivity contribution in [1.82, 2.24) is 0 Å². The van der Waals surface area contributed by atoms with Crippen LogP contribution < -0.4 is 0 Å². The third-order valence-corrected chi connectivity index (χ3v) is 9.04. The summed E-state index contributed by atoms with van der Waals surface area (Å²) < 4.78 is 465. The minimum atomic E-state index is -8.95. The standard InChI is InChI=1S/C32H14F34N2O2/c33-17(34,19(37,38)21(41,42)23(45,46)25(49,50)27(53,54)29(57,58)31(61,62)63)13-1-3-15(69)11(7-13)9-67-5-6-68-10-12-8-14(2-4-16(12)70)18(35,36)20(39,40)22(43,44)24(47,48)26(51,52)28(55,56)30(59,60)32(64,65)66/h1-4,7-10,69-70H,5-6H2. The number of hydrogen-bond donors (Lipinski definition) is 2. The lowest BCUT2D eigenvalue weighted by Gasteiger charge is -2.42. The minimum absolute atomic E-state index is 0.0381. The Balaban J connectivity index is 2.46. The minimum Gasteiger partial charge on any atom is -0.507 e. The van der Waals surface area contributed by atoms with Gasteiger partial charge in [0.1, 0.15) is 11.5 Å². The fourth-order valence-electron chi connectivity index (χ4n) is 4.84. The molecule has 0 aromatic heterocycles. The van der Waals surface area contributed by atoms with E-state index in [2.05, 4.69) is 9.98 Å². The fourth-order valence-corrected chi connectivity index (χ4v) is 4.84. The van der Waals surface area contributed by atoms with Crippen LogP contribution in [0.1, 0.15) is 22.3 Å². The summed E-state index contributed by atoms with van der Waals surface area (Å²) in [5.41, 5.74) is -8.59. The maximum Gasteiger partial charge on any atom is 0.460 e. The quantitative estimate of drug-likeness (QED) is 0.0836. The van der Waals surface area contributed by atoms with Gasteiger partial charge in [-0.3, -0.25) is 9.98 Å². The van der Waals surface area contributed by atoms with Gasteiger partial charge in [-0.15, -0.1) is 0 Å². The summed E-state index contributed by atoms with van der Waals surface area (Å²) in [7, 11) is 0. The summed E-state index contributed by atoms with van der Waals surface area (Å²) in [5, 5.41) is 19.5. The van der Waals surface area contributed by atoms with Gasteiger partial charge < -0.3 is 10.2 Å². The first-order valence-electron chi connectivity index (χ1n) is 16.6. The summed E-state index contributed by atoms with van der Waals surface area (Å²) in [6, 6.07) is -3.08. The number of benzene rings is 2. The van der Waals surface area contributed by atoms with Crippen LogP contribution >= 0.6 is 0 Å². The van der Waals surface area contributed by atoms with Crippen molar-refractivity contribution in [2.45, 2.75) is 95.3 Å². The summed E-state index contributed by atoms with van der Waals surface area (Å²) in [4.78, 5) is 6.26. The number of aromatic hydroxyl groups is 2. The Morgan fingerprint density at radius 3 is 0.714 bits per heavy atom. The molecule has 2 aromatic carbocycles. The molecular weight excluding hydrogens is 1090 g/mol. The number of aliphatic imine (C=N–C) groups is 2. The highest BCUT2D eigenvalue weighted by molar-refractivity contribution is 5.84. The van der Waals surface area contributed by atoms with Crippen molar-refractivity contribution in [3.05, 3.63) is 58.7 Å². The van der Waals surface area contributed by atoms with Crippen molar-refractivity contribution in [2.24, 2.45) is 9.98 Å². The number of phenolic OH excluding ortho intramolecular Hbond substituents is 2. The molecule has 0 bridgehead atoms. The Labute approximate surface area is 361 Å². The van der Waals surface area contributed by atoms with Crippen molar-refractivity contribution in [3.8, 4) is 11.5 Å². The first-order chi connectivity index (χ1) is 30.5. The van der Waals surface area contributed by atoms with Gasteiger partial charge in [0.05, 0.1) is 13.1 Å². The molecule has 2 rings (SSSR count). The van der Waals surface area contributed by atoms with Crippen LogP contribution in [-0.2, 0) is 11.8 Å². The van der Waals surface area contributed by atoms with Crippen molar-refractivity contribution < 1.29 is 159 Å². The molecule has 0 atom stereocenters. The predicted octanol–water partition coefficient (Wildman–Crippen LogP) is 13.6. The Morgan fingerprint density at radius 2 is 0.500 bits per heavy atom. The van der Waals surface area contributed by atoms with E-state index >= 15 is 0 Å². The SMILES string of the molecule is Oc1ccc(C(F)(F)C(F)(F)C(F)(F)C(F)(F)C(F)(F)C(F)(F)C(F)(F)C(F)(F)F)cc1C=NCCN=Cc1cc(C(F)(F)C(F)(F)C(F)(F)C(F)(F)C(F)(F)C(F)(F)C(F)(F)C(F)(F)F)ccc1O. The monoisotopic (exact) mass is 1100 g/mol. The molecule has 0 aliphatic heterocycles. The molecular formula is C32H14F34N2O2. The predicted molar refractivity (Wildman–Crippen MR) is 160 cm³/mol. The van der Waals surface area contributed by atoms with Gasteiger partial charge in [-0.1, -0.05) is 0 Å². The number of alkyl halides is 34. The van der Waals surface area contributed by atoms with Crippen molar-refractivity contribution >= 4 is 12.4 Å². The lowest BCUT2D eigenvalue weighted by Crippen LogP contribution is -2.74. The lowest BCUT2D eigenvalue weighted by molar-refractivity contribution is -0.462. The summed E-state index contributed by atoms with van der Waals surface area (Å²) in [6.45, 7) is -2.21. The van der Waals surface area contributed by atoms with Crippen LogP contribution in [0, 0.1) is 0 Å². The molecule has 0 saturated carbocycles. The zero-order chi connectivity index (χ0) is 55.9. The van der Waals surface area contributed by atoms with E-state index in [1.54, 1.807) is 0 Å².